The fourth-order valence-corrected chi connectivity index (χ4v) is 1.51. The molecule has 1 heterocycles. The van der Waals surface area contributed by atoms with E-state index in [0.717, 1.165) is 18.1 Å². The van der Waals surface area contributed by atoms with Crippen molar-refractivity contribution in [1.82, 2.24) is 20.5 Å². The van der Waals surface area contributed by atoms with Crippen LogP contribution in [0.1, 0.15) is 18.3 Å². The van der Waals surface area contributed by atoms with E-state index in [1.165, 1.54) is 11.9 Å². The Morgan fingerprint density at radius 3 is 2.71 bits per heavy atom. The third kappa shape index (κ3) is 3.57. The van der Waals surface area contributed by atoms with E-state index in [2.05, 4.69) is 32.6 Å². The van der Waals surface area contributed by atoms with E-state index in [1.54, 1.807) is 0 Å². The Bertz CT molecular complexity index is 424. The molecular weight excluding hydrogens is 216 g/mol. The molecular formula is C12H16N4O. The van der Waals surface area contributed by atoms with Gasteiger partial charge in [-0.3, -0.25) is 5.10 Å². The summed E-state index contributed by atoms with van der Waals surface area (Å²) in [7, 11) is 0. The molecule has 5 nitrogen and oxygen atoms in total. The smallest absolute Gasteiger partial charge is 0.138 e. The van der Waals surface area contributed by atoms with Gasteiger partial charge < -0.3 is 10.1 Å². The molecule has 2 N–H and O–H groups in total. The average molecular weight is 232 g/mol. The number of H-pyrrole nitrogens is 1. The Hall–Kier alpha value is -1.88. The largest absolute Gasteiger partial charge is 0.494 e. The maximum Gasteiger partial charge on any atom is 0.138 e. The highest BCUT2D eigenvalue weighted by Crippen LogP contribution is 2.11. The number of rotatable bonds is 6. The number of benzene rings is 1. The zero-order valence-corrected chi connectivity index (χ0v) is 9.81. The second kappa shape index (κ2) is 6.00. The molecule has 90 valence electrons. The molecule has 17 heavy (non-hydrogen) atoms. The SMILES string of the molecule is CCOc1ccc(CNCc2ncn[nH]2)cc1. The van der Waals surface area contributed by atoms with E-state index in [9.17, 15) is 0 Å². The molecule has 1 aromatic carbocycles. The highest BCUT2D eigenvalue weighted by Gasteiger charge is 1.97. The average Bonchev–Trinajstić information content (AvgIpc) is 2.85. The number of ether oxygens (including phenoxy) is 1. The molecule has 2 rings (SSSR count). The molecule has 0 saturated heterocycles. The summed E-state index contributed by atoms with van der Waals surface area (Å²) in [6, 6.07) is 8.07. The lowest BCUT2D eigenvalue weighted by atomic mass is 10.2. The lowest BCUT2D eigenvalue weighted by Crippen LogP contribution is -2.13. The van der Waals surface area contributed by atoms with Gasteiger partial charge in [-0.2, -0.15) is 5.10 Å². The number of nitrogens with one attached hydrogen (secondary N) is 2. The van der Waals surface area contributed by atoms with Gasteiger partial charge >= 0.3 is 0 Å². The molecule has 0 saturated carbocycles. The van der Waals surface area contributed by atoms with Crippen LogP contribution in [0.5, 0.6) is 5.75 Å². The highest BCUT2D eigenvalue weighted by atomic mass is 16.5. The molecule has 0 spiro atoms. The zero-order valence-electron chi connectivity index (χ0n) is 9.81. The second-order valence-corrected chi connectivity index (χ2v) is 3.61. The van der Waals surface area contributed by atoms with Gasteiger partial charge in [0.05, 0.1) is 13.2 Å². The van der Waals surface area contributed by atoms with Crippen LogP contribution >= 0.6 is 0 Å². The minimum atomic E-state index is 0.688. The van der Waals surface area contributed by atoms with Crippen molar-refractivity contribution >= 4 is 0 Å². The van der Waals surface area contributed by atoms with Crippen LogP contribution in [0.4, 0.5) is 0 Å². The monoisotopic (exact) mass is 232 g/mol. The normalized spacial score (nSPS) is 10.4. The van der Waals surface area contributed by atoms with Crippen molar-refractivity contribution in [2.24, 2.45) is 0 Å². The molecule has 0 bridgehead atoms. The van der Waals surface area contributed by atoms with Gasteiger partial charge in [-0.25, -0.2) is 4.98 Å². The third-order valence-corrected chi connectivity index (χ3v) is 2.32. The topological polar surface area (TPSA) is 62.8 Å². The first-order valence-electron chi connectivity index (χ1n) is 5.65. The van der Waals surface area contributed by atoms with E-state index < -0.39 is 0 Å². The van der Waals surface area contributed by atoms with Crippen LogP contribution in [-0.4, -0.2) is 21.8 Å². The summed E-state index contributed by atoms with van der Waals surface area (Å²) in [5, 5.41) is 9.87. The summed E-state index contributed by atoms with van der Waals surface area (Å²) in [4.78, 5) is 4.04. The molecule has 5 heteroatoms. The summed E-state index contributed by atoms with van der Waals surface area (Å²) >= 11 is 0. The van der Waals surface area contributed by atoms with Crippen LogP contribution in [-0.2, 0) is 13.1 Å². The molecule has 1 aromatic heterocycles. The van der Waals surface area contributed by atoms with Crippen LogP contribution in [0.2, 0.25) is 0 Å². The first kappa shape index (κ1) is 11.6. The Morgan fingerprint density at radius 2 is 2.06 bits per heavy atom. The van der Waals surface area contributed by atoms with E-state index in [4.69, 9.17) is 4.74 Å². The molecule has 0 unspecified atom stereocenters. The summed E-state index contributed by atoms with van der Waals surface area (Å²) in [6.45, 7) is 4.16. The van der Waals surface area contributed by atoms with Gasteiger partial charge in [0, 0.05) is 6.54 Å². The Morgan fingerprint density at radius 1 is 1.24 bits per heavy atom. The molecule has 0 fully saturated rings. The van der Waals surface area contributed by atoms with Crippen molar-refractivity contribution in [2.45, 2.75) is 20.0 Å². The minimum absolute atomic E-state index is 0.688. The number of aromatic nitrogens is 3. The number of hydrogen-bond donors (Lipinski definition) is 2. The van der Waals surface area contributed by atoms with Gasteiger partial charge in [0.25, 0.3) is 0 Å². The fourth-order valence-electron chi connectivity index (χ4n) is 1.51. The van der Waals surface area contributed by atoms with Crippen LogP contribution in [0.15, 0.2) is 30.6 Å². The number of aromatic amines is 1. The maximum absolute atomic E-state index is 5.38. The number of nitrogens with zero attached hydrogens (tertiary/aromatic N) is 2. The lowest BCUT2D eigenvalue weighted by molar-refractivity contribution is 0.340. The molecule has 0 amide bonds. The van der Waals surface area contributed by atoms with Crippen molar-refractivity contribution in [2.75, 3.05) is 6.61 Å². The van der Waals surface area contributed by atoms with Gasteiger partial charge in [-0.15, -0.1) is 0 Å². The zero-order chi connectivity index (χ0) is 11.9. The highest BCUT2D eigenvalue weighted by molar-refractivity contribution is 5.27. The summed E-state index contributed by atoms with van der Waals surface area (Å²) in [6.07, 6.45) is 1.51. The van der Waals surface area contributed by atoms with Crippen molar-refractivity contribution in [3.8, 4) is 5.75 Å². The second-order valence-electron chi connectivity index (χ2n) is 3.61. The van der Waals surface area contributed by atoms with E-state index in [0.29, 0.717) is 13.2 Å². The maximum atomic E-state index is 5.38. The van der Waals surface area contributed by atoms with Gasteiger partial charge in [0.2, 0.25) is 0 Å². The van der Waals surface area contributed by atoms with E-state index in [-0.39, 0.29) is 0 Å². The Kier molecular flexibility index (Phi) is 4.10. The minimum Gasteiger partial charge on any atom is -0.494 e. The van der Waals surface area contributed by atoms with Gasteiger partial charge in [-0.1, -0.05) is 12.1 Å². The van der Waals surface area contributed by atoms with Crippen LogP contribution in [0.3, 0.4) is 0 Å². The molecule has 0 radical (unpaired) electrons. The quantitative estimate of drug-likeness (QED) is 0.792. The summed E-state index contributed by atoms with van der Waals surface area (Å²) in [5.74, 6) is 1.75. The summed E-state index contributed by atoms with van der Waals surface area (Å²) in [5.41, 5.74) is 1.22. The van der Waals surface area contributed by atoms with Gasteiger partial charge in [0.15, 0.2) is 0 Å². The van der Waals surface area contributed by atoms with Crippen LogP contribution in [0, 0.1) is 0 Å². The molecule has 0 aliphatic rings. The molecule has 0 atom stereocenters. The van der Waals surface area contributed by atoms with Crippen LogP contribution in [0.25, 0.3) is 0 Å². The van der Waals surface area contributed by atoms with Crippen molar-refractivity contribution in [3.05, 3.63) is 42.0 Å². The van der Waals surface area contributed by atoms with Gasteiger partial charge in [0.1, 0.15) is 17.9 Å². The Labute approximate surface area is 100 Å². The molecule has 0 aliphatic heterocycles. The standard InChI is InChI=1S/C12H16N4O/c1-2-17-11-5-3-10(4-6-11)7-13-8-12-14-9-15-16-12/h3-6,9,13H,2,7-8H2,1H3,(H,14,15,16). The molecule has 0 aliphatic carbocycles. The predicted molar refractivity (Wildman–Crippen MR) is 64.5 cm³/mol. The first-order chi connectivity index (χ1) is 8.38. The van der Waals surface area contributed by atoms with E-state index in [1.807, 2.05) is 19.1 Å². The van der Waals surface area contributed by atoms with Crippen LogP contribution < -0.4 is 10.1 Å². The van der Waals surface area contributed by atoms with Crippen molar-refractivity contribution < 1.29 is 4.74 Å². The fraction of sp³-hybridized carbons (Fsp3) is 0.333. The Balaban J connectivity index is 1.79. The number of hydrogen-bond acceptors (Lipinski definition) is 4. The van der Waals surface area contributed by atoms with Crippen molar-refractivity contribution in [3.63, 3.8) is 0 Å². The lowest BCUT2D eigenvalue weighted by Gasteiger charge is -2.05. The summed E-state index contributed by atoms with van der Waals surface area (Å²) < 4.78 is 5.38. The van der Waals surface area contributed by atoms with E-state index >= 15 is 0 Å². The third-order valence-electron chi connectivity index (χ3n) is 2.32. The molecule has 2 aromatic rings. The van der Waals surface area contributed by atoms with Crippen molar-refractivity contribution in [1.29, 1.82) is 0 Å². The predicted octanol–water partition coefficient (Wildman–Crippen LogP) is 1.49. The first-order valence-corrected chi connectivity index (χ1v) is 5.65. The van der Waals surface area contributed by atoms with Gasteiger partial charge in [-0.05, 0) is 24.6 Å².